The number of fused-ring (bicyclic) bond motifs is 1. The number of benzene rings is 1. The SMILES string of the molecule is CN(C)CCCn1cc(-c2cccc3c2CN(C2CCC(=O)NC2=O)C3=O)nn1.O=C(O)C(F)(F)F. The Labute approximate surface area is 203 Å². The minimum Gasteiger partial charge on any atom is -0.475 e. The van der Waals surface area contributed by atoms with E-state index in [1.165, 1.54) is 0 Å². The van der Waals surface area contributed by atoms with Gasteiger partial charge >= 0.3 is 12.1 Å². The summed E-state index contributed by atoms with van der Waals surface area (Å²) in [7, 11) is 4.07. The van der Waals surface area contributed by atoms with Gasteiger partial charge in [-0.3, -0.25) is 24.4 Å². The van der Waals surface area contributed by atoms with Crippen LogP contribution in [-0.4, -0.2) is 86.4 Å². The zero-order chi connectivity index (χ0) is 26.6. The van der Waals surface area contributed by atoms with Crippen molar-refractivity contribution in [3.63, 3.8) is 0 Å². The fraction of sp³-hybridized carbons (Fsp3) is 0.455. The van der Waals surface area contributed by atoms with Gasteiger partial charge in [0.1, 0.15) is 11.7 Å². The van der Waals surface area contributed by atoms with Crippen LogP contribution in [0.25, 0.3) is 11.3 Å². The number of rotatable bonds is 6. The number of alkyl halides is 3. The summed E-state index contributed by atoms with van der Waals surface area (Å²) in [6.45, 7) is 2.05. The summed E-state index contributed by atoms with van der Waals surface area (Å²) in [6.07, 6.45) is -1.64. The van der Waals surface area contributed by atoms with Crippen molar-refractivity contribution in [3.8, 4) is 11.3 Å². The monoisotopic (exact) mass is 510 g/mol. The Hall–Kier alpha value is -3.81. The number of aliphatic carboxylic acids is 1. The molecule has 0 radical (unpaired) electrons. The normalized spacial score (nSPS) is 17.6. The van der Waals surface area contributed by atoms with Gasteiger partial charge in [-0.1, -0.05) is 17.3 Å². The van der Waals surface area contributed by atoms with E-state index in [9.17, 15) is 27.6 Å². The summed E-state index contributed by atoms with van der Waals surface area (Å²) in [4.78, 5) is 49.2. The summed E-state index contributed by atoms with van der Waals surface area (Å²) in [5.74, 6) is -3.64. The van der Waals surface area contributed by atoms with Crippen molar-refractivity contribution in [1.29, 1.82) is 0 Å². The summed E-state index contributed by atoms with van der Waals surface area (Å²) in [6, 6.07) is 4.90. The van der Waals surface area contributed by atoms with Gasteiger partial charge in [0, 0.05) is 30.6 Å². The third-order valence-corrected chi connectivity index (χ3v) is 5.63. The lowest BCUT2D eigenvalue weighted by molar-refractivity contribution is -0.192. The number of nitrogens with zero attached hydrogens (tertiary/aromatic N) is 5. The molecule has 36 heavy (non-hydrogen) atoms. The van der Waals surface area contributed by atoms with Gasteiger partial charge in [0.15, 0.2) is 0 Å². The lowest BCUT2D eigenvalue weighted by atomic mass is 10.0. The molecule has 11 nitrogen and oxygen atoms in total. The van der Waals surface area contributed by atoms with Crippen molar-refractivity contribution in [2.75, 3.05) is 20.6 Å². The van der Waals surface area contributed by atoms with Crippen LogP contribution < -0.4 is 5.32 Å². The first kappa shape index (κ1) is 26.8. The second-order valence-corrected chi connectivity index (χ2v) is 8.56. The van der Waals surface area contributed by atoms with E-state index in [0.717, 1.165) is 30.6 Å². The van der Waals surface area contributed by atoms with Crippen molar-refractivity contribution in [1.82, 2.24) is 30.1 Å². The first-order chi connectivity index (χ1) is 16.9. The lowest BCUT2D eigenvalue weighted by Gasteiger charge is -2.29. The number of amides is 3. The highest BCUT2D eigenvalue weighted by Gasteiger charge is 2.40. The second-order valence-electron chi connectivity index (χ2n) is 8.56. The zero-order valence-electron chi connectivity index (χ0n) is 19.6. The highest BCUT2D eigenvalue weighted by Crippen LogP contribution is 2.33. The van der Waals surface area contributed by atoms with Gasteiger partial charge < -0.3 is 14.9 Å². The molecule has 0 aliphatic carbocycles. The molecule has 1 fully saturated rings. The zero-order valence-corrected chi connectivity index (χ0v) is 19.6. The molecule has 0 saturated carbocycles. The van der Waals surface area contributed by atoms with E-state index in [1.54, 1.807) is 11.0 Å². The van der Waals surface area contributed by atoms with Gasteiger partial charge in [0.05, 0.1) is 6.20 Å². The topological polar surface area (TPSA) is 138 Å². The van der Waals surface area contributed by atoms with Crippen LogP contribution in [0.5, 0.6) is 0 Å². The second kappa shape index (κ2) is 10.8. The molecular formula is C22H25F3N6O5. The number of halogens is 3. The number of carboxylic acids is 1. The number of aromatic nitrogens is 3. The van der Waals surface area contributed by atoms with E-state index in [4.69, 9.17) is 9.90 Å². The van der Waals surface area contributed by atoms with E-state index < -0.39 is 24.1 Å². The highest BCUT2D eigenvalue weighted by molar-refractivity contribution is 6.06. The van der Waals surface area contributed by atoms with Crippen LogP contribution in [0, 0.1) is 0 Å². The van der Waals surface area contributed by atoms with Crippen LogP contribution in [0.4, 0.5) is 13.2 Å². The molecule has 3 amide bonds. The smallest absolute Gasteiger partial charge is 0.475 e. The molecule has 1 aromatic carbocycles. The Bertz CT molecular complexity index is 1160. The summed E-state index contributed by atoms with van der Waals surface area (Å²) in [5, 5.41) is 18.0. The number of piperidine rings is 1. The van der Waals surface area contributed by atoms with Crippen LogP contribution in [0.1, 0.15) is 35.2 Å². The largest absolute Gasteiger partial charge is 0.490 e. The van der Waals surface area contributed by atoms with Crippen molar-refractivity contribution in [3.05, 3.63) is 35.5 Å². The lowest BCUT2D eigenvalue weighted by Crippen LogP contribution is -2.52. The first-order valence-electron chi connectivity index (χ1n) is 11.0. The molecule has 1 aromatic heterocycles. The fourth-order valence-electron chi connectivity index (χ4n) is 3.91. The number of carbonyl (C=O) groups is 4. The molecule has 0 bridgehead atoms. The van der Waals surface area contributed by atoms with Gasteiger partial charge in [0.2, 0.25) is 11.8 Å². The molecule has 2 aliphatic rings. The van der Waals surface area contributed by atoms with E-state index >= 15 is 0 Å². The Morgan fingerprint density at radius 1 is 1.22 bits per heavy atom. The number of carboxylic acid groups (broad SMARTS) is 1. The molecule has 4 rings (SSSR count). The van der Waals surface area contributed by atoms with Gasteiger partial charge in [-0.15, -0.1) is 5.10 Å². The van der Waals surface area contributed by atoms with E-state index in [0.29, 0.717) is 24.2 Å². The molecule has 0 spiro atoms. The van der Waals surface area contributed by atoms with Crippen molar-refractivity contribution in [2.45, 2.75) is 44.6 Å². The molecule has 1 saturated heterocycles. The molecule has 2 aromatic rings. The standard InChI is InChI=1S/C20H24N6O3.C2HF3O2/c1-24(2)9-4-10-25-12-16(22-23-25)13-5-3-6-14-15(13)11-26(20(14)29)17-7-8-18(27)21-19(17)28;3-2(4,5)1(6)7/h3,5-6,12,17H,4,7-11H2,1-2H3,(H,21,27,28);(H,6,7). The molecular weight excluding hydrogens is 485 g/mol. The van der Waals surface area contributed by atoms with Crippen LogP contribution >= 0.6 is 0 Å². The summed E-state index contributed by atoms with van der Waals surface area (Å²) >= 11 is 0. The Balaban J connectivity index is 0.000000454. The average molecular weight is 510 g/mol. The third-order valence-electron chi connectivity index (χ3n) is 5.63. The molecule has 14 heteroatoms. The number of imide groups is 1. The minimum atomic E-state index is -5.08. The number of hydrogen-bond donors (Lipinski definition) is 2. The molecule has 2 N–H and O–H groups in total. The van der Waals surface area contributed by atoms with Gasteiger partial charge in [0.25, 0.3) is 5.91 Å². The number of aryl methyl sites for hydroxylation is 1. The van der Waals surface area contributed by atoms with Gasteiger partial charge in [-0.25, -0.2) is 4.79 Å². The molecule has 1 atom stereocenters. The Morgan fingerprint density at radius 3 is 2.50 bits per heavy atom. The Morgan fingerprint density at radius 2 is 1.89 bits per heavy atom. The molecule has 2 aliphatic heterocycles. The van der Waals surface area contributed by atoms with Crippen LogP contribution in [-0.2, 0) is 27.5 Å². The number of hydrogen-bond acceptors (Lipinski definition) is 7. The minimum absolute atomic E-state index is 0.185. The van der Waals surface area contributed by atoms with Crippen molar-refractivity contribution in [2.24, 2.45) is 0 Å². The van der Waals surface area contributed by atoms with E-state index in [1.807, 2.05) is 37.1 Å². The predicted molar refractivity (Wildman–Crippen MR) is 118 cm³/mol. The van der Waals surface area contributed by atoms with Crippen LogP contribution in [0.3, 0.4) is 0 Å². The maximum atomic E-state index is 12.9. The van der Waals surface area contributed by atoms with Gasteiger partial charge in [-0.05, 0) is 45.1 Å². The maximum Gasteiger partial charge on any atom is 0.490 e. The quantitative estimate of drug-likeness (QED) is 0.555. The number of carbonyl (C=O) groups excluding carboxylic acids is 3. The van der Waals surface area contributed by atoms with Crippen molar-refractivity contribution >= 4 is 23.7 Å². The van der Waals surface area contributed by atoms with E-state index in [-0.39, 0.29) is 18.2 Å². The third kappa shape index (κ3) is 6.24. The average Bonchev–Trinajstić information content (AvgIpc) is 3.38. The van der Waals surface area contributed by atoms with Crippen LogP contribution in [0.15, 0.2) is 24.4 Å². The highest BCUT2D eigenvalue weighted by atomic mass is 19.4. The molecule has 1 unspecified atom stereocenters. The number of nitrogens with one attached hydrogen (secondary N) is 1. The fourth-order valence-corrected chi connectivity index (χ4v) is 3.91. The van der Waals surface area contributed by atoms with Gasteiger partial charge in [-0.2, -0.15) is 13.2 Å². The summed E-state index contributed by atoms with van der Waals surface area (Å²) < 4.78 is 33.5. The predicted octanol–water partition coefficient (Wildman–Crippen LogP) is 1.29. The van der Waals surface area contributed by atoms with E-state index in [2.05, 4.69) is 20.5 Å². The maximum absolute atomic E-state index is 12.9. The Kier molecular flexibility index (Phi) is 8.07. The van der Waals surface area contributed by atoms with Crippen LogP contribution in [0.2, 0.25) is 0 Å². The molecule has 3 heterocycles. The molecule has 194 valence electrons. The summed E-state index contributed by atoms with van der Waals surface area (Å²) in [5.41, 5.74) is 2.99. The first-order valence-corrected chi connectivity index (χ1v) is 11.0. The van der Waals surface area contributed by atoms with Crippen molar-refractivity contribution < 1.29 is 37.5 Å².